The highest BCUT2D eigenvalue weighted by Crippen LogP contribution is 2.14. The number of carbonyl (C=O) groups excluding carboxylic acids is 3. The van der Waals surface area contributed by atoms with Crippen molar-refractivity contribution in [1.29, 1.82) is 0 Å². The maximum absolute atomic E-state index is 12.4. The number of nitrogens with one attached hydrogen (secondary N) is 3. The molecule has 1 saturated heterocycles. The van der Waals surface area contributed by atoms with Gasteiger partial charge < -0.3 is 20.0 Å². The molecule has 3 heterocycles. The molecule has 4 amide bonds. The highest BCUT2D eigenvalue weighted by molar-refractivity contribution is 6.05. The molecule has 1 fully saturated rings. The quantitative estimate of drug-likeness (QED) is 0.533. The molecule has 1 aromatic carbocycles. The number of urea groups is 1. The Labute approximate surface area is 160 Å². The van der Waals surface area contributed by atoms with E-state index >= 15 is 0 Å². The number of furan rings is 1. The van der Waals surface area contributed by atoms with Crippen LogP contribution in [0.25, 0.3) is 11.0 Å². The van der Waals surface area contributed by atoms with E-state index in [0.29, 0.717) is 18.7 Å². The molecule has 1 aliphatic heterocycles. The van der Waals surface area contributed by atoms with Crippen molar-refractivity contribution in [3.63, 3.8) is 0 Å². The van der Waals surface area contributed by atoms with Crippen LogP contribution < -0.4 is 10.6 Å². The predicted octanol–water partition coefficient (Wildman–Crippen LogP) is 1.33. The van der Waals surface area contributed by atoms with Crippen LogP contribution in [0.15, 0.2) is 47.1 Å². The van der Waals surface area contributed by atoms with Crippen LogP contribution in [0.2, 0.25) is 0 Å². The zero-order valence-corrected chi connectivity index (χ0v) is 15.0. The number of carbonyl (C=O) groups is 3. The molecule has 0 bridgehead atoms. The summed E-state index contributed by atoms with van der Waals surface area (Å²) >= 11 is 0. The lowest BCUT2D eigenvalue weighted by molar-refractivity contribution is -0.131. The van der Waals surface area contributed by atoms with Gasteiger partial charge in [0, 0.05) is 13.0 Å². The van der Waals surface area contributed by atoms with Gasteiger partial charge in [0.1, 0.15) is 17.6 Å². The SMILES string of the molecule is O=C(C[C@@H]1NC(=O)N(Cc2ccco2)C1=O)NCCc1nc2ccccc2[nH]1. The van der Waals surface area contributed by atoms with Crippen molar-refractivity contribution in [3.8, 4) is 0 Å². The first-order valence-corrected chi connectivity index (χ1v) is 8.95. The van der Waals surface area contributed by atoms with Crippen LogP contribution in [-0.2, 0) is 22.6 Å². The highest BCUT2D eigenvalue weighted by Gasteiger charge is 2.39. The lowest BCUT2D eigenvalue weighted by atomic mass is 10.2. The Hall–Kier alpha value is -3.62. The monoisotopic (exact) mass is 381 g/mol. The summed E-state index contributed by atoms with van der Waals surface area (Å²) in [6, 6.07) is 9.66. The van der Waals surface area contributed by atoms with Gasteiger partial charge in [0.15, 0.2) is 0 Å². The third-order valence-corrected chi connectivity index (χ3v) is 4.51. The third-order valence-electron chi connectivity index (χ3n) is 4.51. The first kappa shape index (κ1) is 17.8. The van der Waals surface area contributed by atoms with E-state index in [4.69, 9.17) is 4.42 Å². The minimum Gasteiger partial charge on any atom is -0.467 e. The van der Waals surface area contributed by atoms with E-state index in [9.17, 15) is 14.4 Å². The Balaban J connectivity index is 1.26. The summed E-state index contributed by atoms with van der Waals surface area (Å²) in [7, 11) is 0. The lowest BCUT2D eigenvalue weighted by Gasteiger charge is -2.11. The summed E-state index contributed by atoms with van der Waals surface area (Å²) in [5, 5.41) is 5.30. The van der Waals surface area contributed by atoms with E-state index in [1.165, 1.54) is 6.26 Å². The maximum Gasteiger partial charge on any atom is 0.325 e. The molecule has 1 atom stereocenters. The van der Waals surface area contributed by atoms with Crippen LogP contribution in [-0.4, -0.2) is 45.3 Å². The molecule has 3 aromatic rings. The van der Waals surface area contributed by atoms with Crippen molar-refractivity contribution in [3.05, 3.63) is 54.2 Å². The number of imidazole rings is 1. The average molecular weight is 381 g/mol. The molecule has 9 heteroatoms. The molecule has 0 radical (unpaired) electrons. The van der Waals surface area contributed by atoms with Crippen molar-refractivity contribution in [2.75, 3.05) is 6.54 Å². The number of nitrogens with zero attached hydrogens (tertiary/aromatic N) is 2. The number of benzene rings is 1. The van der Waals surface area contributed by atoms with Gasteiger partial charge in [0.25, 0.3) is 5.91 Å². The fourth-order valence-electron chi connectivity index (χ4n) is 3.13. The standard InChI is InChI=1S/C19H19N5O4/c25-17(20-8-7-16-21-13-5-1-2-6-14(13)22-16)10-15-18(26)24(19(27)23-15)11-12-4-3-9-28-12/h1-6,9,15H,7-8,10-11H2,(H,20,25)(H,21,22)(H,23,27)/t15-/m0/s1. The second-order valence-corrected chi connectivity index (χ2v) is 6.51. The first-order chi connectivity index (χ1) is 13.6. The molecule has 1 aliphatic rings. The van der Waals surface area contributed by atoms with Crippen molar-refractivity contribution < 1.29 is 18.8 Å². The molecular weight excluding hydrogens is 362 g/mol. The van der Waals surface area contributed by atoms with Gasteiger partial charge in [-0.3, -0.25) is 14.5 Å². The lowest BCUT2D eigenvalue weighted by Crippen LogP contribution is -2.37. The topological polar surface area (TPSA) is 120 Å². The van der Waals surface area contributed by atoms with Crippen molar-refractivity contribution in [2.24, 2.45) is 0 Å². The number of imide groups is 1. The summed E-state index contributed by atoms with van der Waals surface area (Å²) in [5.41, 5.74) is 1.82. The summed E-state index contributed by atoms with van der Waals surface area (Å²) < 4.78 is 5.16. The Morgan fingerprint density at radius 2 is 2.07 bits per heavy atom. The number of hydrogen-bond donors (Lipinski definition) is 3. The van der Waals surface area contributed by atoms with Crippen LogP contribution in [0.1, 0.15) is 18.0 Å². The second-order valence-electron chi connectivity index (χ2n) is 6.51. The minimum absolute atomic E-state index is 0.0435. The van der Waals surface area contributed by atoms with Crippen molar-refractivity contribution in [1.82, 2.24) is 25.5 Å². The van der Waals surface area contributed by atoms with Gasteiger partial charge in [-0.25, -0.2) is 9.78 Å². The van der Waals surface area contributed by atoms with Crippen molar-refractivity contribution in [2.45, 2.75) is 25.4 Å². The molecule has 0 spiro atoms. The van der Waals surface area contributed by atoms with Crippen LogP contribution in [0.4, 0.5) is 4.79 Å². The van der Waals surface area contributed by atoms with E-state index in [1.54, 1.807) is 12.1 Å². The molecule has 0 saturated carbocycles. The molecule has 2 aromatic heterocycles. The number of para-hydroxylation sites is 2. The van der Waals surface area contributed by atoms with Gasteiger partial charge >= 0.3 is 6.03 Å². The largest absolute Gasteiger partial charge is 0.467 e. The van der Waals surface area contributed by atoms with E-state index in [0.717, 1.165) is 21.8 Å². The summed E-state index contributed by atoms with van der Waals surface area (Å²) in [6.07, 6.45) is 1.90. The minimum atomic E-state index is -0.867. The van der Waals surface area contributed by atoms with Gasteiger partial charge in [-0.2, -0.15) is 0 Å². The van der Waals surface area contributed by atoms with Crippen LogP contribution in [0.3, 0.4) is 0 Å². The van der Waals surface area contributed by atoms with Gasteiger partial charge in [-0.05, 0) is 24.3 Å². The van der Waals surface area contributed by atoms with E-state index < -0.39 is 18.0 Å². The van der Waals surface area contributed by atoms with Crippen LogP contribution >= 0.6 is 0 Å². The van der Waals surface area contributed by atoms with E-state index in [1.807, 2.05) is 24.3 Å². The average Bonchev–Trinajstić information content (AvgIpc) is 3.38. The molecule has 4 rings (SSSR count). The molecule has 0 aliphatic carbocycles. The molecule has 28 heavy (non-hydrogen) atoms. The summed E-state index contributed by atoms with van der Waals surface area (Å²) in [6.45, 7) is 0.422. The Bertz CT molecular complexity index is 977. The summed E-state index contributed by atoms with van der Waals surface area (Å²) in [4.78, 5) is 45.2. The third kappa shape index (κ3) is 3.73. The van der Waals surface area contributed by atoms with Gasteiger partial charge in [-0.1, -0.05) is 12.1 Å². The Morgan fingerprint density at radius 3 is 2.86 bits per heavy atom. The summed E-state index contributed by atoms with van der Waals surface area (Å²) in [5.74, 6) is 0.527. The maximum atomic E-state index is 12.4. The molecule has 9 nitrogen and oxygen atoms in total. The second kappa shape index (κ2) is 7.55. The Kier molecular flexibility index (Phi) is 4.79. The number of aromatic nitrogens is 2. The number of aromatic amines is 1. The first-order valence-electron chi connectivity index (χ1n) is 8.95. The number of amides is 4. The fraction of sp³-hybridized carbons (Fsp3) is 0.263. The molecule has 0 unspecified atom stereocenters. The zero-order chi connectivity index (χ0) is 19.5. The van der Waals surface area contributed by atoms with E-state index in [2.05, 4.69) is 20.6 Å². The number of fused-ring (bicyclic) bond motifs is 1. The fourth-order valence-corrected chi connectivity index (χ4v) is 3.13. The normalized spacial score (nSPS) is 16.6. The number of rotatable bonds is 7. The van der Waals surface area contributed by atoms with Gasteiger partial charge in [0.2, 0.25) is 5.91 Å². The highest BCUT2D eigenvalue weighted by atomic mass is 16.3. The van der Waals surface area contributed by atoms with Crippen LogP contribution in [0.5, 0.6) is 0 Å². The molecule has 144 valence electrons. The zero-order valence-electron chi connectivity index (χ0n) is 15.0. The van der Waals surface area contributed by atoms with Crippen LogP contribution in [0, 0.1) is 0 Å². The van der Waals surface area contributed by atoms with Crippen molar-refractivity contribution >= 4 is 28.9 Å². The predicted molar refractivity (Wildman–Crippen MR) is 99.0 cm³/mol. The number of H-pyrrole nitrogens is 1. The smallest absolute Gasteiger partial charge is 0.325 e. The molecular formula is C19H19N5O4. The Morgan fingerprint density at radius 1 is 1.21 bits per heavy atom. The van der Waals surface area contributed by atoms with E-state index in [-0.39, 0.29) is 18.9 Å². The van der Waals surface area contributed by atoms with Gasteiger partial charge in [-0.15, -0.1) is 0 Å². The van der Waals surface area contributed by atoms with Gasteiger partial charge in [0.05, 0.1) is 30.3 Å². The number of hydrogen-bond acceptors (Lipinski definition) is 5. The molecule has 3 N–H and O–H groups in total.